The molecule has 0 N–H and O–H groups in total. The summed E-state index contributed by atoms with van der Waals surface area (Å²) in [6.45, 7) is 9.31. The molecule has 0 bridgehead atoms. The van der Waals surface area contributed by atoms with Gasteiger partial charge < -0.3 is 14.4 Å². The molecule has 0 spiro atoms. The van der Waals surface area contributed by atoms with Gasteiger partial charge in [0.25, 0.3) is 5.91 Å². The van der Waals surface area contributed by atoms with Gasteiger partial charge in [0.1, 0.15) is 23.9 Å². The van der Waals surface area contributed by atoms with Crippen molar-refractivity contribution in [3.8, 4) is 11.5 Å². The van der Waals surface area contributed by atoms with Crippen molar-refractivity contribution in [1.82, 2.24) is 19.8 Å². The zero-order chi connectivity index (χ0) is 22.5. The zero-order valence-electron chi connectivity index (χ0n) is 19.1. The number of aryl methyl sites for hydroxylation is 2. The van der Waals surface area contributed by atoms with Crippen LogP contribution in [-0.4, -0.2) is 65.1 Å². The summed E-state index contributed by atoms with van der Waals surface area (Å²) in [6.07, 6.45) is 2.36. The maximum atomic E-state index is 13.4. The Morgan fingerprint density at radius 1 is 1.06 bits per heavy atom. The van der Waals surface area contributed by atoms with E-state index in [2.05, 4.69) is 17.0 Å². The van der Waals surface area contributed by atoms with Crippen LogP contribution in [0.1, 0.15) is 51.1 Å². The van der Waals surface area contributed by atoms with Crippen LogP contribution in [0, 0.1) is 13.8 Å². The molecule has 4 heterocycles. The number of benzene rings is 1. The Hall–Kier alpha value is -2.71. The molecule has 2 fully saturated rings. The van der Waals surface area contributed by atoms with Gasteiger partial charge in [-0.25, -0.2) is 9.97 Å². The first kappa shape index (κ1) is 20.9. The number of fused-ring (bicyclic) bond motifs is 2. The number of ether oxygens (including phenoxy) is 2. The van der Waals surface area contributed by atoms with Crippen molar-refractivity contribution in [2.75, 3.05) is 39.4 Å². The van der Waals surface area contributed by atoms with Crippen LogP contribution in [0.2, 0.25) is 0 Å². The Morgan fingerprint density at radius 2 is 1.82 bits per heavy atom. The van der Waals surface area contributed by atoms with Gasteiger partial charge in [0.2, 0.25) is 0 Å². The van der Waals surface area contributed by atoms with E-state index in [0.29, 0.717) is 19.1 Å². The van der Waals surface area contributed by atoms with Crippen LogP contribution in [0.4, 0.5) is 0 Å². The fraction of sp³-hybridized carbons (Fsp3) is 0.480. The molecular formula is C25H28N4O3S. The van der Waals surface area contributed by atoms with E-state index in [0.717, 1.165) is 76.4 Å². The van der Waals surface area contributed by atoms with Crippen LogP contribution in [0.15, 0.2) is 18.2 Å². The van der Waals surface area contributed by atoms with E-state index in [9.17, 15) is 4.79 Å². The summed E-state index contributed by atoms with van der Waals surface area (Å²) in [5, 5.41) is 1.06. The minimum atomic E-state index is 0.127. The molecule has 2 aliphatic heterocycles. The van der Waals surface area contributed by atoms with E-state index >= 15 is 0 Å². The maximum absolute atomic E-state index is 13.4. The largest absolute Gasteiger partial charge is 0.486 e. The second-order valence-corrected chi connectivity index (χ2v) is 10.2. The molecule has 0 radical (unpaired) electrons. The topological polar surface area (TPSA) is 67.8 Å². The van der Waals surface area contributed by atoms with Crippen molar-refractivity contribution >= 4 is 27.5 Å². The second kappa shape index (κ2) is 8.25. The minimum absolute atomic E-state index is 0.127. The Bertz CT molecular complexity index is 1230. The summed E-state index contributed by atoms with van der Waals surface area (Å²) < 4.78 is 11.3. The van der Waals surface area contributed by atoms with Crippen molar-refractivity contribution in [1.29, 1.82) is 0 Å². The molecule has 1 amide bonds. The van der Waals surface area contributed by atoms with Gasteiger partial charge in [0.15, 0.2) is 11.5 Å². The summed E-state index contributed by atoms with van der Waals surface area (Å²) in [4.78, 5) is 29.1. The molecule has 1 aliphatic carbocycles. The highest BCUT2D eigenvalue weighted by molar-refractivity contribution is 7.20. The fourth-order valence-electron chi connectivity index (χ4n) is 4.78. The van der Waals surface area contributed by atoms with Crippen molar-refractivity contribution in [2.45, 2.75) is 39.2 Å². The van der Waals surface area contributed by atoms with E-state index in [-0.39, 0.29) is 5.91 Å². The predicted molar refractivity (Wildman–Crippen MR) is 127 cm³/mol. The number of aromatic nitrogens is 2. The van der Waals surface area contributed by atoms with Gasteiger partial charge in [-0.05, 0) is 49.9 Å². The number of hydrogen-bond acceptors (Lipinski definition) is 7. The molecule has 2 aromatic heterocycles. The Kier molecular flexibility index (Phi) is 5.22. The van der Waals surface area contributed by atoms with Gasteiger partial charge in [0, 0.05) is 44.0 Å². The Balaban J connectivity index is 1.13. The van der Waals surface area contributed by atoms with Crippen LogP contribution in [0.5, 0.6) is 11.5 Å². The summed E-state index contributed by atoms with van der Waals surface area (Å²) in [7, 11) is 0. The fourth-order valence-corrected chi connectivity index (χ4v) is 5.99. The number of carbonyl (C=O) groups is 1. The molecule has 1 aromatic carbocycles. The second-order valence-electron chi connectivity index (χ2n) is 9.22. The van der Waals surface area contributed by atoms with Gasteiger partial charge >= 0.3 is 0 Å². The summed E-state index contributed by atoms with van der Waals surface area (Å²) >= 11 is 1.53. The molecule has 8 heteroatoms. The van der Waals surface area contributed by atoms with Gasteiger partial charge in [-0.2, -0.15) is 0 Å². The normalized spacial score (nSPS) is 18.7. The third kappa shape index (κ3) is 3.95. The predicted octanol–water partition coefficient (Wildman–Crippen LogP) is 3.91. The molecule has 0 atom stereocenters. The molecule has 3 aromatic rings. The summed E-state index contributed by atoms with van der Waals surface area (Å²) in [6, 6.07) is 6.17. The van der Waals surface area contributed by atoms with Gasteiger partial charge in [-0.1, -0.05) is 6.07 Å². The monoisotopic (exact) mass is 464 g/mol. The molecule has 1 saturated heterocycles. The molecule has 6 rings (SSSR count). The quantitative estimate of drug-likeness (QED) is 0.583. The number of piperazine rings is 1. The lowest BCUT2D eigenvalue weighted by atomic mass is 10.1. The van der Waals surface area contributed by atoms with Crippen LogP contribution in [0.25, 0.3) is 10.2 Å². The number of carbonyl (C=O) groups excluding carboxylic acids is 1. The third-order valence-corrected chi connectivity index (χ3v) is 7.97. The van der Waals surface area contributed by atoms with Gasteiger partial charge in [0.05, 0.1) is 10.6 Å². The van der Waals surface area contributed by atoms with Crippen molar-refractivity contribution in [2.24, 2.45) is 0 Å². The van der Waals surface area contributed by atoms with E-state index < -0.39 is 0 Å². The number of nitrogens with zero attached hydrogens (tertiary/aromatic N) is 4. The van der Waals surface area contributed by atoms with E-state index in [1.165, 1.54) is 29.7 Å². The first-order chi connectivity index (χ1) is 16.1. The number of rotatable bonds is 4. The zero-order valence-corrected chi connectivity index (χ0v) is 19.9. The first-order valence-corrected chi connectivity index (χ1v) is 12.6. The number of thiophene rings is 1. The van der Waals surface area contributed by atoms with E-state index in [4.69, 9.17) is 19.4 Å². The average Bonchev–Trinajstić information content (AvgIpc) is 3.62. The van der Waals surface area contributed by atoms with Crippen LogP contribution in [-0.2, 0) is 6.54 Å². The Morgan fingerprint density at radius 3 is 2.58 bits per heavy atom. The molecule has 1 saturated carbocycles. The lowest BCUT2D eigenvalue weighted by Gasteiger charge is -2.34. The maximum Gasteiger partial charge on any atom is 0.264 e. The highest BCUT2D eigenvalue weighted by atomic mass is 32.1. The van der Waals surface area contributed by atoms with Crippen LogP contribution < -0.4 is 9.47 Å². The highest BCUT2D eigenvalue weighted by Gasteiger charge is 2.30. The smallest absolute Gasteiger partial charge is 0.264 e. The average molecular weight is 465 g/mol. The number of hydrogen-bond donors (Lipinski definition) is 0. The minimum Gasteiger partial charge on any atom is -0.486 e. The summed E-state index contributed by atoms with van der Waals surface area (Å²) in [5.41, 5.74) is 3.23. The Labute approximate surface area is 197 Å². The van der Waals surface area contributed by atoms with Crippen molar-refractivity contribution in [3.05, 3.63) is 45.7 Å². The molecule has 172 valence electrons. The highest BCUT2D eigenvalue weighted by Crippen LogP contribution is 2.40. The summed E-state index contributed by atoms with van der Waals surface area (Å²) in [5.74, 6) is 3.24. The standard InChI is InChI=1S/C25H28N4O3S/c1-15-21-16(2)26-23(18-4-5-18)27-24(21)33-22(15)25(30)29-9-7-28(8-10-29)14-17-3-6-19-20(13-17)32-12-11-31-19/h3,6,13,18H,4-5,7-12,14H2,1-2H3. The molecular weight excluding hydrogens is 436 g/mol. The lowest BCUT2D eigenvalue weighted by molar-refractivity contribution is 0.0632. The van der Waals surface area contributed by atoms with Gasteiger partial charge in [-0.15, -0.1) is 11.3 Å². The molecule has 33 heavy (non-hydrogen) atoms. The van der Waals surface area contributed by atoms with Crippen LogP contribution in [0.3, 0.4) is 0 Å². The SMILES string of the molecule is Cc1nc(C2CC2)nc2sc(C(=O)N3CCN(Cc4ccc5c(c4)OCCO5)CC3)c(C)c12. The van der Waals surface area contributed by atoms with Crippen LogP contribution >= 0.6 is 11.3 Å². The van der Waals surface area contributed by atoms with Crippen molar-refractivity contribution in [3.63, 3.8) is 0 Å². The molecule has 3 aliphatic rings. The third-order valence-electron chi connectivity index (χ3n) is 6.80. The lowest BCUT2D eigenvalue weighted by Crippen LogP contribution is -2.48. The first-order valence-electron chi connectivity index (χ1n) is 11.7. The molecule has 0 unspecified atom stereocenters. The van der Waals surface area contributed by atoms with E-state index in [1.807, 2.05) is 24.8 Å². The van der Waals surface area contributed by atoms with E-state index in [1.54, 1.807) is 0 Å². The number of amides is 1. The van der Waals surface area contributed by atoms with Gasteiger partial charge in [-0.3, -0.25) is 9.69 Å². The van der Waals surface area contributed by atoms with Crippen molar-refractivity contribution < 1.29 is 14.3 Å². The molecule has 7 nitrogen and oxygen atoms in total.